The number of imidazole rings is 1. The molecule has 2 aromatic heterocycles. The summed E-state index contributed by atoms with van der Waals surface area (Å²) in [4.78, 5) is 11.8. The number of rotatable bonds is 4. The summed E-state index contributed by atoms with van der Waals surface area (Å²) in [6, 6.07) is 6.01. The van der Waals surface area contributed by atoms with Crippen molar-refractivity contribution < 1.29 is 5.11 Å². The zero-order chi connectivity index (χ0) is 12.4. The van der Waals surface area contributed by atoms with Crippen molar-refractivity contribution in [1.82, 2.24) is 15.0 Å². The average Bonchev–Trinajstić information content (AvgIpc) is 3.03. The summed E-state index contributed by atoms with van der Waals surface area (Å²) in [5, 5.41) is 14.7. The van der Waals surface area contributed by atoms with Crippen LogP contribution in [0, 0.1) is 0 Å². The molecule has 0 saturated heterocycles. The second-order valence-electron chi connectivity index (χ2n) is 3.80. The van der Waals surface area contributed by atoms with Crippen LogP contribution in [0.1, 0.15) is 0 Å². The molecule has 0 aliphatic carbocycles. The highest BCUT2D eigenvalue weighted by Gasteiger charge is 2.05. The van der Waals surface area contributed by atoms with E-state index in [4.69, 9.17) is 5.11 Å². The van der Waals surface area contributed by atoms with E-state index in [0.717, 1.165) is 21.6 Å². The molecule has 0 atom stereocenters. The van der Waals surface area contributed by atoms with Crippen LogP contribution in [0.25, 0.3) is 21.6 Å². The first-order chi connectivity index (χ1) is 8.86. The number of hydrogen-bond donors (Lipinski definition) is 3. The molecule has 3 N–H and O–H groups in total. The van der Waals surface area contributed by atoms with Crippen molar-refractivity contribution in [2.75, 3.05) is 18.5 Å². The molecule has 18 heavy (non-hydrogen) atoms. The zero-order valence-electron chi connectivity index (χ0n) is 9.55. The zero-order valence-corrected chi connectivity index (χ0v) is 10.4. The molecule has 5 nitrogen and oxygen atoms in total. The summed E-state index contributed by atoms with van der Waals surface area (Å²) < 4.78 is 0. The molecular weight excluding hydrogens is 248 g/mol. The van der Waals surface area contributed by atoms with Crippen molar-refractivity contribution in [3.8, 4) is 10.6 Å². The van der Waals surface area contributed by atoms with Crippen LogP contribution in [0.5, 0.6) is 0 Å². The molecule has 3 aromatic rings. The van der Waals surface area contributed by atoms with Crippen LogP contribution >= 0.6 is 11.3 Å². The number of aromatic nitrogens is 3. The topological polar surface area (TPSA) is 73.8 Å². The Morgan fingerprint density at radius 1 is 1.39 bits per heavy atom. The number of aliphatic hydroxyl groups excluding tert-OH is 1. The Bertz CT molecular complexity index is 647. The second kappa shape index (κ2) is 4.75. The Balaban J connectivity index is 1.96. The number of H-pyrrole nitrogens is 1. The van der Waals surface area contributed by atoms with Crippen molar-refractivity contribution in [3.63, 3.8) is 0 Å². The van der Waals surface area contributed by atoms with Crippen molar-refractivity contribution in [2.24, 2.45) is 0 Å². The van der Waals surface area contributed by atoms with Gasteiger partial charge >= 0.3 is 0 Å². The molecule has 0 unspecified atom stereocenters. The van der Waals surface area contributed by atoms with Gasteiger partial charge in [0.05, 0.1) is 17.6 Å². The lowest BCUT2D eigenvalue weighted by atomic mass is 10.2. The fraction of sp³-hybridized carbons (Fsp3) is 0.167. The maximum absolute atomic E-state index is 8.76. The summed E-state index contributed by atoms with van der Waals surface area (Å²) >= 11 is 1.61. The number of thiazole rings is 1. The maximum Gasteiger partial charge on any atom is 0.201 e. The minimum atomic E-state index is 0.0847. The van der Waals surface area contributed by atoms with Gasteiger partial charge in [-0.1, -0.05) is 0 Å². The number of fused-ring (bicyclic) bond motifs is 1. The van der Waals surface area contributed by atoms with Crippen LogP contribution in [0.4, 0.5) is 5.95 Å². The van der Waals surface area contributed by atoms with E-state index in [9.17, 15) is 0 Å². The Hall–Kier alpha value is -1.92. The minimum absolute atomic E-state index is 0.0847. The first-order valence-corrected chi connectivity index (χ1v) is 6.49. The first kappa shape index (κ1) is 11.2. The molecule has 0 fully saturated rings. The molecule has 3 rings (SSSR count). The van der Waals surface area contributed by atoms with E-state index >= 15 is 0 Å². The van der Waals surface area contributed by atoms with Gasteiger partial charge in [-0.2, -0.15) is 0 Å². The number of nitrogens with one attached hydrogen (secondary N) is 2. The van der Waals surface area contributed by atoms with Gasteiger partial charge in [0.15, 0.2) is 0 Å². The number of benzene rings is 1. The Kier molecular flexibility index (Phi) is 2.95. The largest absolute Gasteiger partial charge is 0.395 e. The van der Waals surface area contributed by atoms with E-state index in [-0.39, 0.29) is 6.61 Å². The van der Waals surface area contributed by atoms with Gasteiger partial charge in [0.1, 0.15) is 5.01 Å². The molecule has 0 spiro atoms. The number of aromatic amines is 1. The monoisotopic (exact) mass is 260 g/mol. The number of anilines is 1. The fourth-order valence-corrected chi connectivity index (χ4v) is 2.40. The van der Waals surface area contributed by atoms with Gasteiger partial charge in [0.2, 0.25) is 5.95 Å². The van der Waals surface area contributed by atoms with E-state index in [0.29, 0.717) is 12.5 Å². The van der Waals surface area contributed by atoms with Crippen LogP contribution in [0.15, 0.2) is 29.8 Å². The van der Waals surface area contributed by atoms with Crippen LogP contribution in [0.2, 0.25) is 0 Å². The Labute approximate surface area is 108 Å². The maximum atomic E-state index is 8.76. The van der Waals surface area contributed by atoms with Crippen LogP contribution in [-0.2, 0) is 0 Å². The molecule has 0 amide bonds. The molecule has 92 valence electrons. The van der Waals surface area contributed by atoms with Crippen LogP contribution in [-0.4, -0.2) is 33.2 Å². The van der Waals surface area contributed by atoms with E-state index in [1.165, 1.54) is 0 Å². The second-order valence-corrected chi connectivity index (χ2v) is 4.70. The lowest BCUT2D eigenvalue weighted by Crippen LogP contribution is -2.06. The average molecular weight is 260 g/mol. The summed E-state index contributed by atoms with van der Waals surface area (Å²) in [6.45, 7) is 0.570. The quantitative estimate of drug-likeness (QED) is 0.671. The predicted octanol–water partition coefficient (Wildman–Crippen LogP) is 2.09. The van der Waals surface area contributed by atoms with E-state index in [1.54, 1.807) is 17.5 Å². The summed E-state index contributed by atoms with van der Waals surface area (Å²) in [5.41, 5.74) is 2.94. The highest BCUT2D eigenvalue weighted by molar-refractivity contribution is 7.13. The van der Waals surface area contributed by atoms with Gasteiger partial charge in [-0.05, 0) is 18.2 Å². The molecule has 0 saturated carbocycles. The summed E-state index contributed by atoms with van der Waals surface area (Å²) in [7, 11) is 0. The molecule has 0 radical (unpaired) electrons. The highest BCUT2D eigenvalue weighted by Crippen LogP contribution is 2.25. The highest BCUT2D eigenvalue weighted by atomic mass is 32.1. The van der Waals surface area contributed by atoms with Crippen molar-refractivity contribution >= 4 is 28.3 Å². The minimum Gasteiger partial charge on any atom is -0.395 e. The normalized spacial score (nSPS) is 10.9. The van der Waals surface area contributed by atoms with Crippen molar-refractivity contribution in [2.45, 2.75) is 0 Å². The van der Waals surface area contributed by atoms with E-state index in [2.05, 4.69) is 20.3 Å². The predicted molar refractivity (Wildman–Crippen MR) is 72.8 cm³/mol. The van der Waals surface area contributed by atoms with E-state index in [1.807, 2.05) is 23.6 Å². The van der Waals surface area contributed by atoms with Gasteiger partial charge < -0.3 is 15.4 Å². The molecular formula is C12H12N4OS. The van der Waals surface area contributed by atoms with Gasteiger partial charge in [-0.3, -0.25) is 0 Å². The molecule has 6 heteroatoms. The molecule has 0 bridgehead atoms. The number of hydrogen-bond acceptors (Lipinski definition) is 5. The van der Waals surface area contributed by atoms with Crippen molar-refractivity contribution in [3.05, 3.63) is 29.8 Å². The van der Waals surface area contributed by atoms with Gasteiger partial charge in [0, 0.05) is 23.7 Å². The first-order valence-electron chi connectivity index (χ1n) is 5.61. The third kappa shape index (κ3) is 2.07. The van der Waals surface area contributed by atoms with Gasteiger partial charge in [-0.25, -0.2) is 9.97 Å². The molecule has 1 aromatic carbocycles. The van der Waals surface area contributed by atoms with Crippen molar-refractivity contribution in [1.29, 1.82) is 0 Å². The third-order valence-corrected chi connectivity index (χ3v) is 3.39. The standard InChI is InChI=1S/C12H12N4OS/c17-5-3-14-12-15-9-2-1-8(7-10(9)16-12)11-13-4-6-18-11/h1-2,4,6-7,17H,3,5H2,(H2,14,15,16). The third-order valence-electron chi connectivity index (χ3n) is 2.57. The SMILES string of the molecule is OCCNc1nc2ccc(-c3nccs3)cc2[nH]1. The van der Waals surface area contributed by atoms with Gasteiger partial charge in [0.25, 0.3) is 0 Å². The van der Waals surface area contributed by atoms with Crippen LogP contribution < -0.4 is 5.32 Å². The smallest absolute Gasteiger partial charge is 0.201 e. The molecule has 0 aliphatic heterocycles. The summed E-state index contributed by atoms with van der Waals surface area (Å²) in [5.74, 6) is 0.676. The molecule has 0 aliphatic rings. The number of nitrogens with zero attached hydrogens (tertiary/aromatic N) is 2. The Morgan fingerprint density at radius 2 is 2.33 bits per heavy atom. The Morgan fingerprint density at radius 3 is 3.11 bits per heavy atom. The lowest BCUT2D eigenvalue weighted by molar-refractivity contribution is 0.311. The molecule has 2 heterocycles. The fourth-order valence-electron chi connectivity index (χ4n) is 1.77. The van der Waals surface area contributed by atoms with Gasteiger partial charge in [-0.15, -0.1) is 11.3 Å². The van der Waals surface area contributed by atoms with Crippen LogP contribution in [0.3, 0.4) is 0 Å². The van der Waals surface area contributed by atoms with E-state index < -0.39 is 0 Å². The summed E-state index contributed by atoms with van der Waals surface area (Å²) in [6.07, 6.45) is 1.80. The number of aliphatic hydroxyl groups is 1. The lowest BCUT2D eigenvalue weighted by Gasteiger charge is -1.96.